The van der Waals surface area contributed by atoms with Crippen LogP contribution >= 0.6 is 11.6 Å². The molecule has 0 aliphatic rings. The summed E-state index contributed by atoms with van der Waals surface area (Å²) >= 11 is 6.29. The average molecular weight is 290 g/mol. The van der Waals surface area contributed by atoms with E-state index >= 15 is 0 Å². The van der Waals surface area contributed by atoms with Gasteiger partial charge in [-0.25, -0.2) is 0 Å². The number of methoxy groups -OCH3 is 2. The summed E-state index contributed by atoms with van der Waals surface area (Å²) in [6.07, 6.45) is 0.223. The highest BCUT2D eigenvalue weighted by Gasteiger charge is 2.19. The zero-order valence-corrected chi connectivity index (χ0v) is 11.9. The van der Waals surface area contributed by atoms with Crippen molar-refractivity contribution in [3.63, 3.8) is 0 Å². The van der Waals surface area contributed by atoms with Crippen molar-refractivity contribution in [1.29, 1.82) is 0 Å². The lowest BCUT2D eigenvalue weighted by Crippen LogP contribution is -2.17. The molecule has 3 N–H and O–H groups in total. The summed E-state index contributed by atoms with van der Waals surface area (Å²) in [5, 5.41) is 9.19. The molecule has 0 amide bonds. The number of aliphatic hydroxyl groups excluding tert-OH is 1. The third kappa shape index (κ3) is 3.98. The minimum absolute atomic E-state index is 0.0803. The van der Waals surface area contributed by atoms with Gasteiger partial charge >= 0.3 is 0 Å². The minimum atomic E-state index is -0.334. The van der Waals surface area contributed by atoms with Crippen LogP contribution in [-0.2, 0) is 4.74 Å². The standard InChI is InChI=1S/C13H20ClNO4/c1-17-10-5-4-9(12(14)13(10)18-2)11(8-15)19-7-3-6-16/h4-5,11,16H,3,6-8,15H2,1-2H3. The van der Waals surface area contributed by atoms with Crippen LogP contribution in [0.25, 0.3) is 0 Å². The fourth-order valence-electron chi connectivity index (χ4n) is 1.73. The molecule has 0 aliphatic heterocycles. The van der Waals surface area contributed by atoms with Crippen molar-refractivity contribution >= 4 is 11.6 Å². The summed E-state index contributed by atoms with van der Waals surface area (Å²) in [6, 6.07) is 3.57. The maximum Gasteiger partial charge on any atom is 0.179 e. The Hall–Kier alpha value is -1.01. The SMILES string of the molecule is COc1ccc(C(CN)OCCCO)c(Cl)c1OC. The quantitative estimate of drug-likeness (QED) is 0.713. The number of ether oxygens (including phenoxy) is 3. The van der Waals surface area contributed by atoms with Gasteiger partial charge < -0.3 is 25.1 Å². The summed E-state index contributed by atoms with van der Waals surface area (Å²) in [5.41, 5.74) is 6.45. The highest BCUT2D eigenvalue weighted by Crippen LogP contribution is 2.40. The molecule has 0 spiro atoms. The lowest BCUT2D eigenvalue weighted by Gasteiger charge is -2.20. The van der Waals surface area contributed by atoms with Gasteiger partial charge in [-0.1, -0.05) is 17.7 Å². The third-order valence-electron chi connectivity index (χ3n) is 2.70. The molecule has 1 atom stereocenters. The van der Waals surface area contributed by atoms with Gasteiger partial charge in [0.05, 0.1) is 25.3 Å². The number of halogens is 1. The monoisotopic (exact) mass is 289 g/mol. The van der Waals surface area contributed by atoms with Gasteiger partial charge in [0.25, 0.3) is 0 Å². The van der Waals surface area contributed by atoms with Crippen LogP contribution in [0.15, 0.2) is 12.1 Å². The van der Waals surface area contributed by atoms with E-state index in [1.165, 1.54) is 7.11 Å². The minimum Gasteiger partial charge on any atom is -0.493 e. The lowest BCUT2D eigenvalue weighted by atomic mass is 10.1. The van der Waals surface area contributed by atoms with E-state index in [4.69, 9.17) is 36.7 Å². The normalized spacial score (nSPS) is 12.3. The van der Waals surface area contributed by atoms with E-state index in [-0.39, 0.29) is 12.7 Å². The molecule has 0 fully saturated rings. The van der Waals surface area contributed by atoms with Crippen LogP contribution in [-0.4, -0.2) is 39.1 Å². The van der Waals surface area contributed by atoms with Crippen molar-refractivity contribution in [2.75, 3.05) is 34.0 Å². The first-order chi connectivity index (χ1) is 9.19. The Morgan fingerprint density at radius 2 is 2.05 bits per heavy atom. The van der Waals surface area contributed by atoms with Gasteiger partial charge in [-0.3, -0.25) is 0 Å². The summed E-state index contributed by atoms with van der Waals surface area (Å²) in [5.74, 6) is 1.02. The molecule has 0 heterocycles. The predicted molar refractivity (Wildman–Crippen MR) is 74.0 cm³/mol. The molecule has 0 saturated carbocycles. The molecule has 0 saturated heterocycles. The smallest absolute Gasteiger partial charge is 0.179 e. The number of nitrogens with two attached hydrogens (primary N) is 1. The van der Waals surface area contributed by atoms with Gasteiger partial charge in [-0.15, -0.1) is 0 Å². The van der Waals surface area contributed by atoms with Gasteiger partial charge in [0.15, 0.2) is 11.5 Å². The highest BCUT2D eigenvalue weighted by atomic mass is 35.5. The van der Waals surface area contributed by atoms with Crippen LogP contribution in [0, 0.1) is 0 Å². The molecule has 0 radical (unpaired) electrons. The maximum atomic E-state index is 8.75. The topological polar surface area (TPSA) is 73.9 Å². The third-order valence-corrected chi connectivity index (χ3v) is 3.09. The number of hydrogen-bond acceptors (Lipinski definition) is 5. The van der Waals surface area contributed by atoms with Gasteiger partial charge in [-0.05, 0) is 12.5 Å². The molecule has 1 aromatic carbocycles. The molecule has 0 aliphatic carbocycles. The fraction of sp³-hybridized carbons (Fsp3) is 0.538. The van der Waals surface area contributed by atoms with E-state index in [1.807, 2.05) is 0 Å². The molecule has 1 unspecified atom stereocenters. The maximum absolute atomic E-state index is 8.75. The Morgan fingerprint density at radius 1 is 1.32 bits per heavy atom. The van der Waals surface area contributed by atoms with E-state index in [9.17, 15) is 0 Å². The zero-order chi connectivity index (χ0) is 14.3. The first-order valence-electron chi connectivity index (χ1n) is 6.02. The molecule has 5 nitrogen and oxygen atoms in total. The van der Waals surface area contributed by atoms with E-state index < -0.39 is 0 Å². The Kier molecular flexibility index (Phi) is 6.94. The second-order valence-electron chi connectivity index (χ2n) is 3.88. The molecule has 1 rings (SSSR count). The summed E-state index contributed by atoms with van der Waals surface area (Å²) in [4.78, 5) is 0. The van der Waals surface area contributed by atoms with E-state index in [0.717, 1.165) is 5.56 Å². The van der Waals surface area contributed by atoms with Gasteiger partial charge in [-0.2, -0.15) is 0 Å². The number of benzene rings is 1. The van der Waals surface area contributed by atoms with Crippen LogP contribution < -0.4 is 15.2 Å². The van der Waals surface area contributed by atoms with Crippen LogP contribution in [0.4, 0.5) is 0 Å². The molecule has 6 heteroatoms. The van der Waals surface area contributed by atoms with Crippen molar-refractivity contribution in [3.05, 3.63) is 22.7 Å². The Balaban J connectivity index is 2.97. The molecule has 0 aromatic heterocycles. The predicted octanol–water partition coefficient (Wildman–Crippen LogP) is 1.76. The van der Waals surface area contributed by atoms with Crippen molar-refractivity contribution in [1.82, 2.24) is 0 Å². The molecular weight excluding hydrogens is 270 g/mol. The fourth-order valence-corrected chi connectivity index (χ4v) is 2.08. The van der Waals surface area contributed by atoms with Gasteiger partial charge in [0, 0.05) is 25.3 Å². The Labute approximate surface area is 118 Å². The first kappa shape index (κ1) is 16.0. The molecule has 19 heavy (non-hydrogen) atoms. The average Bonchev–Trinajstić information content (AvgIpc) is 2.44. The second-order valence-corrected chi connectivity index (χ2v) is 4.25. The largest absolute Gasteiger partial charge is 0.493 e. The van der Waals surface area contributed by atoms with Crippen molar-refractivity contribution in [2.45, 2.75) is 12.5 Å². The van der Waals surface area contributed by atoms with Crippen LogP contribution in [0.5, 0.6) is 11.5 Å². The summed E-state index contributed by atoms with van der Waals surface area (Å²) < 4.78 is 16.0. The van der Waals surface area contributed by atoms with Crippen LogP contribution in [0.2, 0.25) is 5.02 Å². The first-order valence-corrected chi connectivity index (χ1v) is 6.40. The van der Waals surface area contributed by atoms with Crippen LogP contribution in [0.3, 0.4) is 0 Å². The second kappa shape index (κ2) is 8.22. The number of aliphatic hydroxyl groups is 1. The van der Waals surface area contributed by atoms with Gasteiger partial charge in [0.2, 0.25) is 0 Å². The summed E-state index contributed by atoms with van der Waals surface area (Å²) in [7, 11) is 3.07. The Bertz CT molecular complexity index is 400. The van der Waals surface area contributed by atoms with Crippen molar-refractivity contribution in [3.8, 4) is 11.5 Å². The highest BCUT2D eigenvalue weighted by molar-refractivity contribution is 6.33. The van der Waals surface area contributed by atoms with E-state index in [0.29, 0.717) is 36.1 Å². The lowest BCUT2D eigenvalue weighted by molar-refractivity contribution is 0.0488. The van der Waals surface area contributed by atoms with Crippen molar-refractivity contribution < 1.29 is 19.3 Å². The van der Waals surface area contributed by atoms with Crippen LogP contribution in [0.1, 0.15) is 18.1 Å². The molecule has 108 valence electrons. The molecule has 0 bridgehead atoms. The number of hydrogen-bond donors (Lipinski definition) is 2. The number of rotatable bonds is 8. The van der Waals surface area contributed by atoms with Gasteiger partial charge in [0.1, 0.15) is 0 Å². The summed E-state index contributed by atoms with van der Waals surface area (Å²) in [6.45, 7) is 0.792. The Morgan fingerprint density at radius 3 is 2.58 bits per heavy atom. The molecule has 1 aromatic rings. The molecular formula is C13H20ClNO4. The zero-order valence-electron chi connectivity index (χ0n) is 11.2. The van der Waals surface area contributed by atoms with E-state index in [2.05, 4.69) is 0 Å². The van der Waals surface area contributed by atoms with Crippen molar-refractivity contribution in [2.24, 2.45) is 5.73 Å². The van der Waals surface area contributed by atoms with E-state index in [1.54, 1.807) is 19.2 Å².